The molecule has 0 aliphatic rings. The van der Waals surface area contributed by atoms with Gasteiger partial charge < -0.3 is 22.5 Å². The van der Waals surface area contributed by atoms with Crippen molar-refractivity contribution in [1.29, 1.82) is 0 Å². The van der Waals surface area contributed by atoms with E-state index in [0.717, 1.165) is 0 Å². The summed E-state index contributed by atoms with van der Waals surface area (Å²) >= 11 is 0. The quantitative estimate of drug-likeness (QED) is 0.580. The number of nitrogens with zero attached hydrogens (tertiary/aromatic N) is 1. The highest BCUT2D eigenvalue weighted by Gasteiger charge is 2.24. The number of carbonyl (C=O) groups is 1. The minimum Gasteiger partial charge on any atom is -0.396 e. The van der Waals surface area contributed by atoms with Gasteiger partial charge in [-0.05, 0) is 26.0 Å². The number of amides is 1. The molecular formula is C10H17N5O. The number of aromatic nitrogens is 1. The lowest BCUT2D eigenvalue weighted by Gasteiger charge is -2.21. The standard InChI is InChI=1S/C10H17N5O/c1-10(2,9(13)16)5-14-7-4-3-6(11)8(12)15-7/h3-4H,5,11H2,1-2H3,(H2,13,16)(H3,12,14,15). The lowest BCUT2D eigenvalue weighted by Crippen LogP contribution is -2.37. The summed E-state index contributed by atoms with van der Waals surface area (Å²) in [6, 6.07) is 3.35. The molecule has 0 spiro atoms. The van der Waals surface area contributed by atoms with Crippen LogP contribution in [-0.2, 0) is 4.79 Å². The van der Waals surface area contributed by atoms with Crippen molar-refractivity contribution in [3.63, 3.8) is 0 Å². The summed E-state index contributed by atoms with van der Waals surface area (Å²) < 4.78 is 0. The van der Waals surface area contributed by atoms with Crippen LogP contribution in [-0.4, -0.2) is 17.4 Å². The van der Waals surface area contributed by atoms with E-state index in [4.69, 9.17) is 17.2 Å². The molecule has 1 aromatic rings. The Morgan fingerprint density at radius 1 is 1.44 bits per heavy atom. The highest BCUT2D eigenvalue weighted by molar-refractivity contribution is 5.80. The van der Waals surface area contributed by atoms with Gasteiger partial charge in [-0.3, -0.25) is 4.79 Å². The summed E-state index contributed by atoms with van der Waals surface area (Å²) in [5, 5.41) is 2.99. The molecule has 1 amide bonds. The predicted octanol–water partition coefficient (Wildman–Crippen LogP) is 0.169. The molecule has 0 aliphatic carbocycles. The maximum absolute atomic E-state index is 11.1. The number of rotatable bonds is 4. The molecule has 0 bridgehead atoms. The fraction of sp³-hybridized carbons (Fsp3) is 0.400. The number of hydrogen-bond donors (Lipinski definition) is 4. The van der Waals surface area contributed by atoms with E-state index in [9.17, 15) is 4.79 Å². The van der Waals surface area contributed by atoms with Crippen LogP contribution in [0, 0.1) is 5.41 Å². The molecular weight excluding hydrogens is 206 g/mol. The van der Waals surface area contributed by atoms with E-state index in [0.29, 0.717) is 18.1 Å². The zero-order chi connectivity index (χ0) is 12.3. The molecule has 0 atom stereocenters. The van der Waals surface area contributed by atoms with E-state index < -0.39 is 5.41 Å². The van der Waals surface area contributed by atoms with Gasteiger partial charge in [0, 0.05) is 6.54 Å². The third kappa shape index (κ3) is 2.75. The number of carbonyl (C=O) groups excluding carboxylic acids is 1. The van der Waals surface area contributed by atoms with Crippen molar-refractivity contribution in [3.8, 4) is 0 Å². The van der Waals surface area contributed by atoms with Crippen molar-refractivity contribution in [2.24, 2.45) is 11.1 Å². The smallest absolute Gasteiger partial charge is 0.224 e. The average molecular weight is 223 g/mol. The van der Waals surface area contributed by atoms with Crippen molar-refractivity contribution in [3.05, 3.63) is 12.1 Å². The van der Waals surface area contributed by atoms with Gasteiger partial charge in [-0.2, -0.15) is 0 Å². The lowest BCUT2D eigenvalue weighted by molar-refractivity contribution is -0.125. The van der Waals surface area contributed by atoms with Gasteiger partial charge in [-0.1, -0.05) is 0 Å². The van der Waals surface area contributed by atoms with E-state index in [1.54, 1.807) is 26.0 Å². The van der Waals surface area contributed by atoms with Crippen LogP contribution < -0.4 is 22.5 Å². The fourth-order valence-corrected chi connectivity index (χ4v) is 0.983. The van der Waals surface area contributed by atoms with E-state index >= 15 is 0 Å². The molecule has 0 saturated heterocycles. The normalized spacial score (nSPS) is 11.1. The second-order valence-corrected chi connectivity index (χ2v) is 4.27. The van der Waals surface area contributed by atoms with Crippen molar-refractivity contribution in [2.75, 3.05) is 23.3 Å². The van der Waals surface area contributed by atoms with Gasteiger partial charge in [-0.25, -0.2) is 4.98 Å². The van der Waals surface area contributed by atoms with E-state index in [1.807, 2.05) is 0 Å². The Labute approximate surface area is 94.2 Å². The van der Waals surface area contributed by atoms with Crippen LogP contribution in [0.3, 0.4) is 0 Å². The first kappa shape index (κ1) is 12.1. The monoisotopic (exact) mass is 223 g/mol. The largest absolute Gasteiger partial charge is 0.396 e. The number of pyridine rings is 1. The Hall–Kier alpha value is -1.98. The number of nitrogens with two attached hydrogens (primary N) is 3. The highest BCUT2D eigenvalue weighted by atomic mass is 16.1. The topological polar surface area (TPSA) is 120 Å². The zero-order valence-corrected chi connectivity index (χ0v) is 9.45. The molecule has 0 aromatic carbocycles. The zero-order valence-electron chi connectivity index (χ0n) is 9.45. The molecule has 6 nitrogen and oxygen atoms in total. The highest BCUT2D eigenvalue weighted by Crippen LogP contribution is 2.18. The van der Waals surface area contributed by atoms with Gasteiger partial charge >= 0.3 is 0 Å². The minimum absolute atomic E-state index is 0.266. The Bertz CT molecular complexity index is 402. The maximum Gasteiger partial charge on any atom is 0.224 e. The van der Waals surface area contributed by atoms with E-state index in [1.165, 1.54) is 0 Å². The molecule has 1 aromatic heterocycles. The Morgan fingerprint density at radius 3 is 2.56 bits per heavy atom. The van der Waals surface area contributed by atoms with Gasteiger partial charge in [-0.15, -0.1) is 0 Å². The second kappa shape index (κ2) is 4.26. The van der Waals surface area contributed by atoms with Crippen LogP contribution >= 0.6 is 0 Å². The number of nitrogen functional groups attached to an aromatic ring is 2. The summed E-state index contributed by atoms with van der Waals surface area (Å²) in [4.78, 5) is 15.1. The van der Waals surface area contributed by atoms with Crippen LogP contribution in [0.2, 0.25) is 0 Å². The molecule has 88 valence electrons. The molecule has 7 N–H and O–H groups in total. The molecule has 0 fully saturated rings. The second-order valence-electron chi connectivity index (χ2n) is 4.27. The van der Waals surface area contributed by atoms with E-state index in [-0.39, 0.29) is 11.7 Å². The first-order valence-electron chi connectivity index (χ1n) is 4.89. The summed E-state index contributed by atoms with van der Waals surface area (Å²) in [5.74, 6) is 0.464. The molecule has 6 heteroatoms. The van der Waals surface area contributed by atoms with Crippen molar-refractivity contribution in [1.82, 2.24) is 4.98 Å². The molecule has 0 radical (unpaired) electrons. The number of nitrogens with one attached hydrogen (secondary N) is 1. The van der Waals surface area contributed by atoms with Crippen LogP contribution in [0.1, 0.15) is 13.8 Å². The summed E-state index contributed by atoms with van der Waals surface area (Å²) in [7, 11) is 0. The maximum atomic E-state index is 11.1. The Morgan fingerprint density at radius 2 is 2.06 bits per heavy atom. The first-order valence-corrected chi connectivity index (χ1v) is 4.89. The predicted molar refractivity (Wildman–Crippen MR) is 64.5 cm³/mol. The summed E-state index contributed by atoms with van der Waals surface area (Å²) in [6.07, 6.45) is 0. The summed E-state index contributed by atoms with van der Waals surface area (Å²) in [5.41, 5.74) is 16.1. The van der Waals surface area contributed by atoms with Crippen molar-refractivity contribution < 1.29 is 4.79 Å². The fourth-order valence-electron chi connectivity index (χ4n) is 0.983. The van der Waals surface area contributed by atoms with Crippen LogP contribution in [0.4, 0.5) is 17.3 Å². The van der Waals surface area contributed by atoms with Gasteiger partial charge in [0.15, 0.2) is 0 Å². The van der Waals surface area contributed by atoms with E-state index in [2.05, 4.69) is 10.3 Å². The Kier molecular flexibility index (Phi) is 3.22. The SMILES string of the molecule is CC(C)(CNc1ccc(N)c(N)n1)C(N)=O. The first-order chi connectivity index (χ1) is 7.33. The van der Waals surface area contributed by atoms with Gasteiger partial charge in [0.2, 0.25) is 5.91 Å². The lowest BCUT2D eigenvalue weighted by atomic mass is 9.93. The van der Waals surface area contributed by atoms with Gasteiger partial charge in [0.05, 0.1) is 11.1 Å². The van der Waals surface area contributed by atoms with Gasteiger partial charge in [0.1, 0.15) is 11.6 Å². The third-order valence-electron chi connectivity index (χ3n) is 2.34. The summed E-state index contributed by atoms with van der Waals surface area (Å²) in [6.45, 7) is 3.89. The van der Waals surface area contributed by atoms with Crippen molar-refractivity contribution in [2.45, 2.75) is 13.8 Å². The molecule has 1 heterocycles. The molecule has 0 aliphatic heterocycles. The number of hydrogen-bond acceptors (Lipinski definition) is 5. The van der Waals surface area contributed by atoms with Gasteiger partial charge in [0.25, 0.3) is 0 Å². The Balaban J connectivity index is 2.68. The number of anilines is 3. The van der Waals surface area contributed by atoms with Crippen LogP contribution in [0.15, 0.2) is 12.1 Å². The molecule has 16 heavy (non-hydrogen) atoms. The average Bonchev–Trinajstić information content (AvgIpc) is 2.20. The van der Waals surface area contributed by atoms with Crippen molar-refractivity contribution >= 4 is 23.2 Å². The molecule has 0 unspecified atom stereocenters. The van der Waals surface area contributed by atoms with Crippen LogP contribution in [0.25, 0.3) is 0 Å². The number of primary amides is 1. The molecule has 0 saturated carbocycles. The van der Waals surface area contributed by atoms with Crippen LogP contribution in [0.5, 0.6) is 0 Å². The molecule has 1 rings (SSSR count). The third-order valence-corrected chi connectivity index (χ3v) is 2.34. The minimum atomic E-state index is -0.641.